The molecule has 7 nitrogen and oxygen atoms in total. The smallest absolute Gasteiger partial charge is 0.253 e. The lowest BCUT2D eigenvalue weighted by Gasteiger charge is -2.19. The Morgan fingerprint density at radius 1 is 1.28 bits per heavy atom. The molecule has 1 heterocycles. The van der Waals surface area contributed by atoms with E-state index in [2.05, 4.69) is 15.5 Å². The predicted molar refractivity (Wildman–Crippen MR) is 93.0 cm³/mol. The number of amides is 1. The minimum atomic E-state index is -0.128. The second-order valence-corrected chi connectivity index (χ2v) is 5.86. The van der Waals surface area contributed by atoms with Crippen LogP contribution in [0, 0.1) is 0 Å². The van der Waals surface area contributed by atoms with E-state index in [9.17, 15) is 4.79 Å². The average Bonchev–Trinajstić information content (AvgIpc) is 3.16. The minimum absolute atomic E-state index is 0.128. The zero-order valence-electron chi connectivity index (χ0n) is 13.8. The molecule has 2 aromatic carbocycles. The molecule has 0 spiro atoms. The molecule has 8 heteroatoms. The van der Waals surface area contributed by atoms with Gasteiger partial charge in [0.1, 0.15) is 12.1 Å². The molecule has 0 saturated heterocycles. The highest BCUT2D eigenvalue weighted by Gasteiger charge is 2.15. The van der Waals surface area contributed by atoms with E-state index in [1.165, 1.54) is 11.0 Å². The molecule has 0 unspecified atom stereocenters. The predicted octanol–water partition coefficient (Wildman–Crippen LogP) is 2.60. The molecular weight excluding hydrogens is 342 g/mol. The lowest BCUT2D eigenvalue weighted by Crippen LogP contribution is -2.26. The summed E-state index contributed by atoms with van der Waals surface area (Å²) in [5.41, 5.74) is 2.09. The van der Waals surface area contributed by atoms with Gasteiger partial charge in [-0.3, -0.25) is 4.79 Å². The van der Waals surface area contributed by atoms with Crippen LogP contribution in [-0.4, -0.2) is 45.2 Å². The molecule has 0 bridgehead atoms. The number of carbonyl (C=O) groups is 1. The third kappa shape index (κ3) is 3.77. The number of methoxy groups -OCH3 is 1. The van der Waals surface area contributed by atoms with Gasteiger partial charge in [0.2, 0.25) is 0 Å². The fraction of sp³-hybridized carbons (Fsp3) is 0.176. The molecular formula is C17H16ClN5O2. The lowest BCUT2D eigenvalue weighted by atomic mass is 10.1. The van der Waals surface area contributed by atoms with E-state index < -0.39 is 0 Å². The molecule has 25 heavy (non-hydrogen) atoms. The van der Waals surface area contributed by atoms with E-state index in [4.69, 9.17) is 16.3 Å². The van der Waals surface area contributed by atoms with Crippen molar-refractivity contribution < 1.29 is 9.53 Å². The topological polar surface area (TPSA) is 73.1 Å². The summed E-state index contributed by atoms with van der Waals surface area (Å²) in [5.74, 6) is 0.559. The summed E-state index contributed by atoms with van der Waals surface area (Å²) < 4.78 is 6.83. The van der Waals surface area contributed by atoms with Gasteiger partial charge in [-0.15, -0.1) is 5.10 Å². The number of aromatic nitrogens is 4. The molecule has 0 aliphatic carbocycles. The molecule has 0 aliphatic rings. The van der Waals surface area contributed by atoms with Crippen molar-refractivity contribution in [3.8, 4) is 11.4 Å². The molecule has 0 fully saturated rings. The number of nitrogens with zero attached hydrogens (tertiary/aromatic N) is 5. The summed E-state index contributed by atoms with van der Waals surface area (Å²) in [7, 11) is 3.32. The Morgan fingerprint density at radius 3 is 2.84 bits per heavy atom. The van der Waals surface area contributed by atoms with E-state index in [1.807, 2.05) is 6.07 Å². The van der Waals surface area contributed by atoms with E-state index in [0.717, 1.165) is 5.56 Å². The first-order valence-electron chi connectivity index (χ1n) is 7.50. The van der Waals surface area contributed by atoms with Crippen LogP contribution in [0.2, 0.25) is 5.02 Å². The van der Waals surface area contributed by atoms with Gasteiger partial charge in [-0.25, -0.2) is 4.68 Å². The average molecular weight is 358 g/mol. The fourth-order valence-electron chi connectivity index (χ4n) is 2.48. The molecule has 1 amide bonds. The van der Waals surface area contributed by atoms with Crippen LogP contribution in [0.3, 0.4) is 0 Å². The van der Waals surface area contributed by atoms with Crippen molar-refractivity contribution >= 4 is 17.5 Å². The first-order chi connectivity index (χ1) is 12.1. The first kappa shape index (κ1) is 16.9. The van der Waals surface area contributed by atoms with Crippen LogP contribution in [0.15, 0.2) is 48.8 Å². The third-order valence-electron chi connectivity index (χ3n) is 3.70. The summed E-state index contributed by atoms with van der Waals surface area (Å²) in [5, 5.41) is 11.6. The van der Waals surface area contributed by atoms with Gasteiger partial charge in [-0.1, -0.05) is 17.7 Å². The minimum Gasteiger partial charge on any atom is -0.496 e. The maximum Gasteiger partial charge on any atom is 0.253 e. The largest absolute Gasteiger partial charge is 0.496 e. The van der Waals surface area contributed by atoms with Crippen LogP contribution in [-0.2, 0) is 6.54 Å². The van der Waals surface area contributed by atoms with Gasteiger partial charge in [-0.2, -0.15) is 0 Å². The van der Waals surface area contributed by atoms with Crippen molar-refractivity contribution in [1.82, 2.24) is 25.1 Å². The maximum absolute atomic E-state index is 12.7. The standard InChI is InChI=1S/C17H16ClN5O2/c1-22(10-13-8-14(18)6-7-16(13)25-2)17(24)12-4-3-5-15(9-12)23-11-19-20-21-23/h3-9,11H,10H2,1-2H3. The highest BCUT2D eigenvalue weighted by Crippen LogP contribution is 2.24. The summed E-state index contributed by atoms with van der Waals surface area (Å²) in [6.07, 6.45) is 1.48. The highest BCUT2D eigenvalue weighted by molar-refractivity contribution is 6.30. The quantitative estimate of drug-likeness (QED) is 0.701. The highest BCUT2D eigenvalue weighted by atomic mass is 35.5. The van der Waals surface area contributed by atoms with Gasteiger partial charge < -0.3 is 9.64 Å². The molecule has 0 N–H and O–H groups in total. The third-order valence-corrected chi connectivity index (χ3v) is 3.94. The van der Waals surface area contributed by atoms with Crippen LogP contribution < -0.4 is 4.74 Å². The SMILES string of the molecule is COc1ccc(Cl)cc1CN(C)C(=O)c1cccc(-n2cnnn2)c1. The molecule has 3 aromatic rings. The normalized spacial score (nSPS) is 10.5. The Hall–Kier alpha value is -2.93. The Kier molecular flexibility index (Phi) is 4.95. The maximum atomic E-state index is 12.7. The number of benzene rings is 2. The molecule has 0 saturated carbocycles. The number of hydrogen-bond acceptors (Lipinski definition) is 5. The summed E-state index contributed by atoms with van der Waals surface area (Å²) in [6, 6.07) is 12.4. The number of ether oxygens (including phenoxy) is 1. The Labute approximate surface area is 149 Å². The Bertz CT molecular complexity index is 883. The van der Waals surface area contributed by atoms with Gasteiger partial charge in [0.25, 0.3) is 5.91 Å². The molecule has 0 radical (unpaired) electrons. The van der Waals surface area contributed by atoms with Crippen molar-refractivity contribution in [2.24, 2.45) is 0 Å². The molecule has 3 rings (SSSR count). The second kappa shape index (κ2) is 7.31. The van der Waals surface area contributed by atoms with E-state index in [1.54, 1.807) is 55.5 Å². The van der Waals surface area contributed by atoms with Crippen molar-refractivity contribution in [2.45, 2.75) is 6.54 Å². The van der Waals surface area contributed by atoms with Crippen molar-refractivity contribution in [3.05, 3.63) is 64.9 Å². The number of halogens is 1. The van der Waals surface area contributed by atoms with E-state index in [-0.39, 0.29) is 5.91 Å². The monoisotopic (exact) mass is 357 g/mol. The van der Waals surface area contributed by atoms with Gasteiger partial charge in [0, 0.05) is 29.7 Å². The Morgan fingerprint density at radius 2 is 2.12 bits per heavy atom. The van der Waals surface area contributed by atoms with Crippen LogP contribution >= 0.6 is 11.6 Å². The zero-order chi connectivity index (χ0) is 17.8. The lowest BCUT2D eigenvalue weighted by molar-refractivity contribution is 0.0784. The molecule has 0 atom stereocenters. The number of rotatable bonds is 5. The van der Waals surface area contributed by atoms with Gasteiger partial charge in [0.05, 0.1) is 12.8 Å². The molecule has 1 aromatic heterocycles. The zero-order valence-corrected chi connectivity index (χ0v) is 14.5. The summed E-state index contributed by atoms with van der Waals surface area (Å²) >= 11 is 6.05. The van der Waals surface area contributed by atoms with Crippen molar-refractivity contribution in [1.29, 1.82) is 0 Å². The summed E-state index contributed by atoms with van der Waals surface area (Å²) in [6.45, 7) is 0.373. The number of hydrogen-bond donors (Lipinski definition) is 0. The number of carbonyl (C=O) groups excluding carboxylic acids is 1. The summed E-state index contributed by atoms with van der Waals surface area (Å²) in [4.78, 5) is 14.4. The second-order valence-electron chi connectivity index (χ2n) is 5.42. The van der Waals surface area contributed by atoms with Gasteiger partial charge in [-0.05, 0) is 46.8 Å². The van der Waals surface area contributed by atoms with Crippen molar-refractivity contribution in [3.63, 3.8) is 0 Å². The molecule has 128 valence electrons. The van der Waals surface area contributed by atoms with Crippen LogP contribution in [0.5, 0.6) is 5.75 Å². The van der Waals surface area contributed by atoms with Crippen LogP contribution in [0.25, 0.3) is 5.69 Å². The van der Waals surface area contributed by atoms with E-state index >= 15 is 0 Å². The van der Waals surface area contributed by atoms with E-state index in [0.29, 0.717) is 28.6 Å². The van der Waals surface area contributed by atoms with Gasteiger partial charge in [0.15, 0.2) is 0 Å². The first-order valence-corrected chi connectivity index (χ1v) is 7.87. The van der Waals surface area contributed by atoms with Crippen LogP contribution in [0.4, 0.5) is 0 Å². The number of tetrazole rings is 1. The molecule has 0 aliphatic heterocycles. The fourth-order valence-corrected chi connectivity index (χ4v) is 2.67. The Balaban J connectivity index is 1.81. The van der Waals surface area contributed by atoms with Crippen molar-refractivity contribution in [2.75, 3.05) is 14.2 Å². The van der Waals surface area contributed by atoms with Crippen LogP contribution in [0.1, 0.15) is 15.9 Å². The van der Waals surface area contributed by atoms with Gasteiger partial charge >= 0.3 is 0 Å².